The molecule has 2 rings (SSSR count). The highest BCUT2D eigenvalue weighted by Crippen LogP contribution is 2.13. The number of rotatable bonds is 7. The fourth-order valence-corrected chi connectivity index (χ4v) is 2.72. The van der Waals surface area contributed by atoms with Crippen LogP contribution in [0, 0.1) is 6.92 Å². The minimum absolute atomic E-state index is 0. The van der Waals surface area contributed by atoms with E-state index < -0.39 is 0 Å². The van der Waals surface area contributed by atoms with Gasteiger partial charge in [-0.2, -0.15) is 0 Å². The van der Waals surface area contributed by atoms with Gasteiger partial charge in [0.05, 0.1) is 23.9 Å². The molecule has 0 fully saturated rings. The van der Waals surface area contributed by atoms with E-state index in [-0.39, 0.29) is 24.9 Å². The van der Waals surface area contributed by atoms with Crippen LogP contribution in [0.1, 0.15) is 21.8 Å². The Bertz CT molecular complexity index is 601. The van der Waals surface area contributed by atoms with Crippen molar-refractivity contribution in [1.29, 1.82) is 0 Å². The Morgan fingerprint density at radius 2 is 2.00 bits per heavy atom. The third-order valence-electron chi connectivity index (χ3n) is 3.15. The average molecular weight is 341 g/mol. The lowest BCUT2D eigenvalue weighted by molar-refractivity contribution is -0.141. The molecule has 6 heteroatoms. The summed E-state index contributed by atoms with van der Waals surface area (Å²) in [7, 11) is 0. The number of nitrogens with two attached hydrogens (primary N) is 1. The van der Waals surface area contributed by atoms with Crippen LogP contribution in [0.25, 0.3) is 0 Å². The second-order valence-electron chi connectivity index (χ2n) is 4.85. The molecule has 0 radical (unpaired) electrons. The molecule has 0 amide bonds. The quantitative estimate of drug-likeness (QED) is 0.787. The van der Waals surface area contributed by atoms with E-state index >= 15 is 0 Å². The summed E-state index contributed by atoms with van der Waals surface area (Å²) in [5, 5.41) is 3.23. The van der Waals surface area contributed by atoms with E-state index in [1.165, 1.54) is 11.1 Å². The van der Waals surface area contributed by atoms with Crippen LogP contribution < -0.4 is 5.73 Å². The van der Waals surface area contributed by atoms with E-state index in [1.54, 1.807) is 11.3 Å². The molecule has 0 bridgehead atoms. The number of carbonyl (C=O) groups is 1. The van der Waals surface area contributed by atoms with E-state index in [0.717, 1.165) is 30.0 Å². The van der Waals surface area contributed by atoms with Crippen LogP contribution in [0.5, 0.6) is 0 Å². The van der Waals surface area contributed by atoms with Gasteiger partial charge in [-0.3, -0.25) is 4.79 Å². The summed E-state index contributed by atoms with van der Waals surface area (Å²) in [5.74, 6) is -0.356. The molecule has 0 saturated heterocycles. The summed E-state index contributed by atoms with van der Waals surface area (Å²) < 4.78 is 4.99. The van der Waals surface area contributed by atoms with Crippen LogP contribution in [0.2, 0.25) is 0 Å². The Labute approximate surface area is 141 Å². The van der Waals surface area contributed by atoms with Crippen molar-refractivity contribution in [2.24, 2.45) is 5.73 Å². The van der Waals surface area contributed by atoms with Gasteiger partial charge in [0.2, 0.25) is 0 Å². The van der Waals surface area contributed by atoms with Gasteiger partial charge in [-0.25, -0.2) is 4.98 Å². The number of hydrogen-bond donors (Lipinski definition) is 1. The first kappa shape index (κ1) is 18.6. The summed E-state index contributed by atoms with van der Waals surface area (Å²) in [6, 6.07) is 8.37. The molecular weight excluding hydrogens is 320 g/mol. The Hall–Kier alpha value is -1.43. The second-order valence-corrected chi connectivity index (χ2v) is 5.91. The van der Waals surface area contributed by atoms with E-state index in [1.807, 2.05) is 19.1 Å². The second kappa shape index (κ2) is 9.56. The maximum absolute atomic E-state index is 11.0. The predicted octanol–water partition coefficient (Wildman–Crippen LogP) is 2.70. The Balaban J connectivity index is 0.00000242. The average Bonchev–Trinajstić information content (AvgIpc) is 2.91. The highest BCUT2D eigenvalue weighted by Gasteiger charge is 2.02. The number of esters is 1. The lowest BCUT2D eigenvalue weighted by atomic mass is 10.0. The molecule has 22 heavy (non-hydrogen) atoms. The number of thiazole rings is 1. The van der Waals surface area contributed by atoms with Crippen molar-refractivity contribution in [3.05, 3.63) is 51.5 Å². The van der Waals surface area contributed by atoms with Crippen LogP contribution in [0.15, 0.2) is 29.6 Å². The molecule has 1 aromatic carbocycles. The minimum atomic E-state index is -0.356. The molecule has 1 heterocycles. The van der Waals surface area contributed by atoms with Crippen molar-refractivity contribution < 1.29 is 9.53 Å². The smallest absolute Gasteiger partial charge is 0.319 e. The van der Waals surface area contributed by atoms with Crippen molar-refractivity contribution >= 4 is 29.7 Å². The molecule has 4 nitrogen and oxygen atoms in total. The minimum Gasteiger partial charge on any atom is -0.464 e. The SMILES string of the molecule is Cc1nc(CCc2cccc(CCOC(=O)CN)c2)cs1.Cl. The molecule has 0 aliphatic rings. The molecule has 0 aliphatic heterocycles. The molecule has 0 unspecified atom stereocenters. The summed E-state index contributed by atoms with van der Waals surface area (Å²) >= 11 is 1.69. The lowest BCUT2D eigenvalue weighted by Gasteiger charge is -2.06. The van der Waals surface area contributed by atoms with Crippen LogP contribution in [-0.4, -0.2) is 24.1 Å². The van der Waals surface area contributed by atoms with Gasteiger partial charge < -0.3 is 10.5 Å². The first-order valence-corrected chi connectivity index (χ1v) is 7.90. The van der Waals surface area contributed by atoms with Gasteiger partial charge in [0, 0.05) is 11.8 Å². The Kier molecular flexibility index (Phi) is 8.09. The number of nitrogens with zero attached hydrogens (tertiary/aromatic N) is 1. The number of aryl methyl sites for hydroxylation is 3. The van der Waals surface area contributed by atoms with E-state index in [9.17, 15) is 4.79 Å². The highest BCUT2D eigenvalue weighted by atomic mass is 35.5. The molecular formula is C16H21ClN2O2S. The topological polar surface area (TPSA) is 65.2 Å². The van der Waals surface area contributed by atoms with Crippen molar-refractivity contribution in [2.75, 3.05) is 13.2 Å². The summed E-state index contributed by atoms with van der Waals surface area (Å²) in [6.45, 7) is 2.34. The largest absolute Gasteiger partial charge is 0.464 e. The molecule has 0 spiro atoms. The lowest BCUT2D eigenvalue weighted by Crippen LogP contribution is -2.17. The van der Waals surface area contributed by atoms with Gasteiger partial charge in [-0.1, -0.05) is 24.3 Å². The molecule has 0 atom stereocenters. The van der Waals surface area contributed by atoms with Gasteiger partial charge in [0.15, 0.2) is 0 Å². The van der Waals surface area contributed by atoms with Gasteiger partial charge in [0.1, 0.15) is 0 Å². The number of carbonyl (C=O) groups excluding carboxylic acids is 1. The fraction of sp³-hybridized carbons (Fsp3) is 0.375. The molecule has 1 aromatic heterocycles. The monoisotopic (exact) mass is 340 g/mol. The van der Waals surface area contributed by atoms with Gasteiger partial charge in [0.25, 0.3) is 0 Å². The highest BCUT2D eigenvalue weighted by molar-refractivity contribution is 7.09. The van der Waals surface area contributed by atoms with Crippen molar-refractivity contribution in [2.45, 2.75) is 26.2 Å². The summed E-state index contributed by atoms with van der Waals surface area (Å²) in [5.41, 5.74) is 8.80. The maximum atomic E-state index is 11.0. The number of benzene rings is 1. The normalized spacial score (nSPS) is 10.1. The zero-order valence-corrected chi connectivity index (χ0v) is 14.2. The number of hydrogen-bond acceptors (Lipinski definition) is 5. The Morgan fingerprint density at radius 3 is 2.64 bits per heavy atom. The van der Waals surface area contributed by atoms with Gasteiger partial charge in [-0.15, -0.1) is 23.7 Å². The van der Waals surface area contributed by atoms with Gasteiger partial charge in [-0.05, 0) is 30.9 Å². The third kappa shape index (κ3) is 6.13. The van der Waals surface area contributed by atoms with Crippen LogP contribution >= 0.6 is 23.7 Å². The van der Waals surface area contributed by atoms with E-state index in [2.05, 4.69) is 22.5 Å². The van der Waals surface area contributed by atoms with Crippen LogP contribution in [0.3, 0.4) is 0 Å². The zero-order valence-electron chi connectivity index (χ0n) is 12.6. The molecule has 0 saturated carbocycles. The number of halogens is 1. The third-order valence-corrected chi connectivity index (χ3v) is 3.97. The van der Waals surface area contributed by atoms with Crippen LogP contribution in [0.4, 0.5) is 0 Å². The molecule has 0 aliphatic carbocycles. The van der Waals surface area contributed by atoms with Crippen molar-refractivity contribution in [1.82, 2.24) is 4.98 Å². The van der Waals surface area contributed by atoms with Crippen LogP contribution in [-0.2, 0) is 28.8 Å². The molecule has 2 aromatic rings. The number of aromatic nitrogens is 1. The standard InChI is InChI=1S/C16H20N2O2S.ClH/c1-12-18-15(11-21-12)6-5-13-3-2-4-14(9-13)7-8-20-16(19)10-17;/h2-4,9,11H,5-8,10,17H2,1H3;1H. The van der Waals surface area contributed by atoms with E-state index in [4.69, 9.17) is 10.5 Å². The van der Waals surface area contributed by atoms with Crippen molar-refractivity contribution in [3.63, 3.8) is 0 Å². The summed E-state index contributed by atoms with van der Waals surface area (Å²) in [4.78, 5) is 15.5. The molecule has 2 N–H and O–H groups in total. The number of ether oxygens (including phenoxy) is 1. The maximum Gasteiger partial charge on any atom is 0.319 e. The first-order valence-electron chi connectivity index (χ1n) is 7.02. The Morgan fingerprint density at radius 1 is 1.27 bits per heavy atom. The van der Waals surface area contributed by atoms with Crippen molar-refractivity contribution in [3.8, 4) is 0 Å². The predicted molar refractivity (Wildman–Crippen MR) is 91.7 cm³/mol. The zero-order chi connectivity index (χ0) is 15.1. The van der Waals surface area contributed by atoms with Gasteiger partial charge >= 0.3 is 5.97 Å². The van der Waals surface area contributed by atoms with E-state index in [0.29, 0.717) is 6.61 Å². The molecule has 120 valence electrons. The first-order chi connectivity index (χ1) is 10.2. The fourth-order valence-electron chi connectivity index (χ4n) is 2.08. The summed E-state index contributed by atoms with van der Waals surface area (Å²) in [6.07, 6.45) is 2.64.